The van der Waals surface area contributed by atoms with E-state index in [4.69, 9.17) is 19.4 Å². The quantitative estimate of drug-likeness (QED) is 0.324. The molecule has 1 saturated carbocycles. The van der Waals surface area contributed by atoms with Gasteiger partial charge in [-0.25, -0.2) is 9.78 Å². The SMILES string of the molecule is CC1(CN(C(=O)OC(C)(C)C)[C@@H]2CCCN(c3ccc(C4(c5nnc(-c6cncc(N7CCCC7)n6)s5)COC4)nc3)C2)CC1. The van der Waals surface area contributed by atoms with Crippen LogP contribution in [0.25, 0.3) is 10.7 Å². The van der Waals surface area contributed by atoms with Crippen LogP contribution in [-0.2, 0) is 14.9 Å². The smallest absolute Gasteiger partial charge is 0.410 e. The fourth-order valence-corrected chi connectivity index (χ4v) is 7.48. The highest BCUT2D eigenvalue weighted by Crippen LogP contribution is 2.46. The molecule has 4 fully saturated rings. The molecule has 0 radical (unpaired) electrons. The van der Waals surface area contributed by atoms with Gasteiger partial charge in [-0.15, -0.1) is 10.2 Å². The van der Waals surface area contributed by atoms with Gasteiger partial charge < -0.3 is 24.2 Å². The molecule has 4 aliphatic rings. The number of piperidine rings is 1. The van der Waals surface area contributed by atoms with E-state index in [9.17, 15) is 4.79 Å². The van der Waals surface area contributed by atoms with E-state index in [1.807, 2.05) is 38.1 Å². The van der Waals surface area contributed by atoms with Crippen molar-refractivity contribution in [3.8, 4) is 10.7 Å². The van der Waals surface area contributed by atoms with Crippen LogP contribution in [0.5, 0.6) is 0 Å². The molecule has 3 aromatic heterocycles. The van der Waals surface area contributed by atoms with E-state index in [1.165, 1.54) is 12.8 Å². The van der Waals surface area contributed by atoms with E-state index < -0.39 is 11.0 Å². The second-order valence-electron chi connectivity index (χ2n) is 14.5. The molecule has 1 amide bonds. The Morgan fingerprint density at radius 2 is 1.84 bits per heavy atom. The van der Waals surface area contributed by atoms with E-state index in [1.54, 1.807) is 17.5 Å². The first kappa shape index (κ1) is 30.3. The van der Waals surface area contributed by atoms with Crippen molar-refractivity contribution >= 4 is 28.9 Å². The van der Waals surface area contributed by atoms with Gasteiger partial charge in [0.05, 0.1) is 49.2 Å². The van der Waals surface area contributed by atoms with Crippen molar-refractivity contribution in [3.63, 3.8) is 0 Å². The fourth-order valence-electron chi connectivity index (χ4n) is 6.51. The average molecular weight is 633 g/mol. The maximum Gasteiger partial charge on any atom is 0.410 e. The van der Waals surface area contributed by atoms with E-state index in [0.29, 0.717) is 13.2 Å². The Morgan fingerprint density at radius 1 is 1.07 bits per heavy atom. The highest BCUT2D eigenvalue weighted by atomic mass is 32.1. The normalized spacial score (nSPS) is 22.2. The third kappa shape index (κ3) is 6.36. The monoisotopic (exact) mass is 632 g/mol. The lowest BCUT2D eigenvalue weighted by molar-refractivity contribution is -0.0403. The van der Waals surface area contributed by atoms with Crippen LogP contribution in [0, 0.1) is 5.41 Å². The number of ether oxygens (including phenoxy) is 2. The Labute approximate surface area is 269 Å². The summed E-state index contributed by atoms with van der Waals surface area (Å²) in [4.78, 5) is 34.3. The second kappa shape index (κ2) is 11.8. The molecule has 11 nitrogen and oxygen atoms in total. The number of carbonyl (C=O) groups excluding carboxylic acids is 1. The number of nitrogens with zero attached hydrogens (tertiary/aromatic N) is 8. The van der Waals surface area contributed by atoms with Crippen LogP contribution in [-0.4, -0.2) is 93.7 Å². The molecule has 0 bridgehead atoms. The number of hydrogen-bond acceptors (Lipinski definition) is 11. The molecule has 6 heterocycles. The third-order valence-corrected chi connectivity index (χ3v) is 10.7. The predicted octanol–water partition coefficient (Wildman–Crippen LogP) is 5.31. The highest BCUT2D eigenvalue weighted by molar-refractivity contribution is 7.14. The number of anilines is 2. The van der Waals surface area contributed by atoms with Crippen LogP contribution < -0.4 is 9.80 Å². The maximum absolute atomic E-state index is 13.3. The zero-order chi connectivity index (χ0) is 31.2. The van der Waals surface area contributed by atoms with Crippen LogP contribution >= 0.6 is 11.3 Å². The van der Waals surface area contributed by atoms with Gasteiger partial charge in [-0.3, -0.25) is 9.97 Å². The molecule has 0 aromatic carbocycles. The van der Waals surface area contributed by atoms with Crippen LogP contribution in [0.4, 0.5) is 16.3 Å². The van der Waals surface area contributed by atoms with Crippen molar-refractivity contribution in [2.24, 2.45) is 5.41 Å². The van der Waals surface area contributed by atoms with Crippen molar-refractivity contribution in [1.82, 2.24) is 30.0 Å². The van der Waals surface area contributed by atoms with Gasteiger partial charge in [0.1, 0.15) is 27.5 Å². The van der Waals surface area contributed by atoms with E-state index >= 15 is 0 Å². The summed E-state index contributed by atoms with van der Waals surface area (Å²) in [5, 5.41) is 10.8. The van der Waals surface area contributed by atoms with Gasteiger partial charge in [-0.05, 0) is 76.8 Å². The number of pyridine rings is 1. The highest BCUT2D eigenvalue weighted by Gasteiger charge is 2.47. The average Bonchev–Trinajstić information content (AvgIpc) is 3.37. The molecule has 45 heavy (non-hydrogen) atoms. The molecule has 1 atom stereocenters. The Bertz CT molecular complexity index is 1510. The fraction of sp³-hybridized carbons (Fsp3) is 0.636. The molecule has 240 valence electrons. The van der Waals surface area contributed by atoms with E-state index in [2.05, 4.69) is 44.0 Å². The van der Waals surface area contributed by atoms with Crippen LogP contribution in [0.1, 0.15) is 76.9 Å². The van der Waals surface area contributed by atoms with Crippen LogP contribution in [0.2, 0.25) is 0 Å². The van der Waals surface area contributed by atoms with E-state index in [-0.39, 0.29) is 17.6 Å². The van der Waals surface area contributed by atoms with Crippen LogP contribution in [0.15, 0.2) is 30.7 Å². The Hall–Kier alpha value is -3.38. The maximum atomic E-state index is 13.3. The van der Waals surface area contributed by atoms with Gasteiger partial charge in [0.2, 0.25) is 0 Å². The summed E-state index contributed by atoms with van der Waals surface area (Å²) in [7, 11) is 0. The Morgan fingerprint density at radius 3 is 2.51 bits per heavy atom. The van der Waals surface area contributed by atoms with Crippen molar-refractivity contribution in [1.29, 1.82) is 0 Å². The first-order chi connectivity index (χ1) is 21.6. The molecular formula is C33H44N8O3S. The molecule has 12 heteroatoms. The number of amides is 1. The molecule has 3 saturated heterocycles. The first-order valence-electron chi connectivity index (χ1n) is 16.3. The molecule has 3 aliphatic heterocycles. The molecule has 7 rings (SSSR count). The lowest BCUT2D eigenvalue weighted by Crippen LogP contribution is -2.53. The minimum absolute atomic E-state index is 0.101. The number of carbonyl (C=O) groups is 1. The standard InChI is InChI=1S/C33H44N8O3S/c1-31(2,3)44-30(42)41(20-32(4)11-12-32)24-8-7-15-40(19-24)23-9-10-26(35-16-23)33(21-43-22-33)29-38-37-28(45-29)25-17-34-18-27(36-25)39-13-5-6-14-39/h9-10,16-18,24H,5-8,11-15,19-22H2,1-4H3/t24-/m1/s1. The van der Waals surface area contributed by atoms with Crippen molar-refractivity contribution in [3.05, 3.63) is 41.4 Å². The largest absolute Gasteiger partial charge is 0.444 e. The van der Waals surface area contributed by atoms with Gasteiger partial charge in [0.25, 0.3) is 0 Å². The minimum atomic E-state index is -0.520. The predicted molar refractivity (Wildman–Crippen MR) is 174 cm³/mol. The van der Waals surface area contributed by atoms with E-state index in [0.717, 1.165) is 91.3 Å². The van der Waals surface area contributed by atoms with Gasteiger partial charge in [0, 0.05) is 32.7 Å². The minimum Gasteiger partial charge on any atom is -0.444 e. The summed E-state index contributed by atoms with van der Waals surface area (Å²) >= 11 is 1.54. The first-order valence-corrected chi connectivity index (χ1v) is 17.1. The Kier molecular flexibility index (Phi) is 7.92. The Balaban J connectivity index is 1.07. The summed E-state index contributed by atoms with van der Waals surface area (Å²) in [5.74, 6) is 0.900. The van der Waals surface area contributed by atoms with Crippen molar-refractivity contribution in [2.75, 3.05) is 55.7 Å². The molecule has 0 N–H and O–H groups in total. The molecule has 0 spiro atoms. The zero-order valence-corrected chi connectivity index (χ0v) is 27.7. The molecule has 1 aliphatic carbocycles. The van der Waals surface area contributed by atoms with Gasteiger partial charge in [-0.2, -0.15) is 0 Å². The topological polar surface area (TPSA) is 110 Å². The summed E-state index contributed by atoms with van der Waals surface area (Å²) in [6.45, 7) is 13.6. The number of hydrogen-bond donors (Lipinski definition) is 0. The van der Waals surface area contributed by atoms with Gasteiger partial charge in [-0.1, -0.05) is 18.3 Å². The summed E-state index contributed by atoms with van der Waals surface area (Å²) in [5.41, 5.74) is 2.00. The summed E-state index contributed by atoms with van der Waals surface area (Å²) in [6.07, 6.45) is 12.0. The second-order valence-corrected chi connectivity index (χ2v) is 15.5. The third-order valence-electron chi connectivity index (χ3n) is 9.53. The lowest BCUT2D eigenvalue weighted by Gasteiger charge is -2.42. The summed E-state index contributed by atoms with van der Waals surface area (Å²) < 4.78 is 11.6. The molecule has 0 unspecified atom stereocenters. The molecular weight excluding hydrogens is 588 g/mol. The van der Waals surface area contributed by atoms with Crippen LogP contribution in [0.3, 0.4) is 0 Å². The summed E-state index contributed by atoms with van der Waals surface area (Å²) in [6, 6.07) is 4.36. The van der Waals surface area contributed by atoms with Crippen molar-refractivity contribution < 1.29 is 14.3 Å². The zero-order valence-electron chi connectivity index (χ0n) is 26.9. The number of aromatic nitrogens is 5. The van der Waals surface area contributed by atoms with Gasteiger partial charge >= 0.3 is 6.09 Å². The number of rotatable bonds is 8. The van der Waals surface area contributed by atoms with Crippen molar-refractivity contribution in [2.45, 2.75) is 83.3 Å². The lowest BCUT2D eigenvalue weighted by atomic mass is 9.82. The van der Waals surface area contributed by atoms with Gasteiger partial charge in [0.15, 0.2) is 5.01 Å². The molecule has 3 aromatic rings.